The van der Waals surface area contributed by atoms with Crippen molar-refractivity contribution in [3.05, 3.63) is 0 Å². The average molecular weight is 313 g/mol. The third-order valence-electron chi connectivity index (χ3n) is 6.31. The number of ether oxygens (including phenoxy) is 1. The first-order chi connectivity index (χ1) is 9.76. The summed E-state index contributed by atoms with van der Waals surface area (Å²) in [4.78, 5) is 2.62. The minimum atomic E-state index is -0.0722. The van der Waals surface area contributed by atoms with E-state index in [1.165, 1.54) is 38.1 Å². The highest BCUT2D eigenvalue weighted by molar-refractivity contribution is 8.00. The monoisotopic (exact) mass is 312 g/mol. The smallest absolute Gasteiger partial charge is 0.0690 e. The quantitative estimate of drug-likeness (QED) is 0.851. The summed E-state index contributed by atoms with van der Waals surface area (Å²) in [6.07, 6.45) is 4.07. The molecule has 21 heavy (non-hydrogen) atoms. The molecule has 3 atom stereocenters. The summed E-state index contributed by atoms with van der Waals surface area (Å²) >= 11 is 2.11. The maximum absolute atomic E-state index is 6.96. The van der Waals surface area contributed by atoms with Crippen molar-refractivity contribution in [3.63, 3.8) is 0 Å². The number of rotatable bonds is 2. The summed E-state index contributed by atoms with van der Waals surface area (Å²) in [5.41, 5.74) is 6.99. The van der Waals surface area contributed by atoms with E-state index in [9.17, 15) is 0 Å². The molecule has 2 saturated heterocycles. The van der Waals surface area contributed by atoms with E-state index in [1.54, 1.807) is 0 Å². The Morgan fingerprint density at radius 3 is 2.76 bits per heavy atom. The second kappa shape index (κ2) is 5.40. The third kappa shape index (κ3) is 2.66. The van der Waals surface area contributed by atoms with Crippen molar-refractivity contribution in [3.8, 4) is 0 Å². The van der Waals surface area contributed by atoms with Crippen LogP contribution in [0.25, 0.3) is 0 Å². The number of nitrogens with zero attached hydrogens (tertiary/aromatic N) is 1. The molecule has 0 spiro atoms. The zero-order valence-electron chi connectivity index (χ0n) is 14.2. The van der Waals surface area contributed by atoms with E-state index in [0.717, 1.165) is 13.2 Å². The highest BCUT2D eigenvalue weighted by Crippen LogP contribution is 2.57. The van der Waals surface area contributed by atoms with Crippen molar-refractivity contribution in [2.45, 2.75) is 63.3 Å². The van der Waals surface area contributed by atoms with Crippen LogP contribution >= 0.6 is 11.8 Å². The average Bonchev–Trinajstić information content (AvgIpc) is 2.60. The zero-order chi connectivity index (χ0) is 15.3. The van der Waals surface area contributed by atoms with Gasteiger partial charge in [-0.1, -0.05) is 27.7 Å². The SMILES string of the molecule is CC1(C)CCN(CC2(N)C3CCCOC3C2(C)C)CCS1. The van der Waals surface area contributed by atoms with Crippen LogP contribution in [0.3, 0.4) is 0 Å². The molecule has 3 unspecified atom stereocenters. The van der Waals surface area contributed by atoms with Gasteiger partial charge >= 0.3 is 0 Å². The Bertz CT molecular complexity index is 398. The standard InChI is InChI=1S/C17H32N2OS/c1-15(2)7-8-19(9-11-21-15)12-17(18)13-6-5-10-20-14(13)16(17,3)4/h13-14H,5-12,18H2,1-4H3. The van der Waals surface area contributed by atoms with Gasteiger partial charge in [0.15, 0.2) is 0 Å². The first-order valence-electron chi connectivity index (χ1n) is 8.53. The second-order valence-corrected chi connectivity index (χ2v) is 10.2. The largest absolute Gasteiger partial charge is 0.377 e. The molecule has 2 N–H and O–H groups in total. The molecule has 3 rings (SSSR count). The summed E-state index contributed by atoms with van der Waals surface area (Å²) in [5.74, 6) is 1.79. The molecule has 0 aromatic carbocycles. The van der Waals surface area contributed by atoms with Gasteiger partial charge in [0.25, 0.3) is 0 Å². The summed E-state index contributed by atoms with van der Waals surface area (Å²) < 4.78 is 6.45. The van der Waals surface area contributed by atoms with Crippen molar-refractivity contribution < 1.29 is 4.74 Å². The molecule has 3 fully saturated rings. The van der Waals surface area contributed by atoms with Gasteiger partial charge in [0.1, 0.15) is 0 Å². The van der Waals surface area contributed by atoms with Gasteiger partial charge < -0.3 is 15.4 Å². The zero-order valence-corrected chi connectivity index (χ0v) is 15.0. The molecule has 2 heterocycles. The Hall–Kier alpha value is 0.230. The molecule has 3 nitrogen and oxygen atoms in total. The molecule has 1 saturated carbocycles. The van der Waals surface area contributed by atoms with Gasteiger partial charge in [-0.3, -0.25) is 0 Å². The van der Waals surface area contributed by atoms with E-state index in [1.807, 2.05) is 0 Å². The molecule has 0 radical (unpaired) electrons. The molecular formula is C17H32N2OS. The van der Waals surface area contributed by atoms with Gasteiger partial charge in [-0.05, 0) is 25.8 Å². The van der Waals surface area contributed by atoms with Crippen molar-refractivity contribution in [1.82, 2.24) is 4.90 Å². The predicted molar refractivity (Wildman–Crippen MR) is 90.8 cm³/mol. The number of nitrogens with two attached hydrogens (primary N) is 1. The van der Waals surface area contributed by atoms with Crippen molar-refractivity contribution in [2.75, 3.05) is 32.0 Å². The van der Waals surface area contributed by atoms with Gasteiger partial charge in [0, 0.05) is 47.1 Å². The van der Waals surface area contributed by atoms with E-state index in [4.69, 9.17) is 10.5 Å². The van der Waals surface area contributed by atoms with Crippen LogP contribution in [-0.2, 0) is 4.74 Å². The molecule has 3 aliphatic rings. The highest BCUT2D eigenvalue weighted by Gasteiger charge is 2.66. The van der Waals surface area contributed by atoms with Crippen LogP contribution in [0.4, 0.5) is 0 Å². The molecule has 0 aromatic rings. The van der Waals surface area contributed by atoms with Crippen LogP contribution in [0.5, 0.6) is 0 Å². The molecule has 122 valence electrons. The predicted octanol–water partition coefficient (Wildman–Crippen LogP) is 2.74. The van der Waals surface area contributed by atoms with Gasteiger partial charge in [0.2, 0.25) is 0 Å². The van der Waals surface area contributed by atoms with Crippen molar-refractivity contribution >= 4 is 11.8 Å². The van der Waals surface area contributed by atoms with Crippen LogP contribution in [0.15, 0.2) is 0 Å². The van der Waals surface area contributed by atoms with E-state index in [-0.39, 0.29) is 11.0 Å². The molecule has 0 aromatic heterocycles. The minimum Gasteiger partial charge on any atom is -0.377 e. The van der Waals surface area contributed by atoms with Gasteiger partial charge in [-0.15, -0.1) is 0 Å². The Balaban J connectivity index is 1.68. The summed E-state index contributed by atoms with van der Waals surface area (Å²) in [6.45, 7) is 13.7. The molecule has 0 amide bonds. The maximum Gasteiger partial charge on any atom is 0.0690 e. The lowest BCUT2D eigenvalue weighted by Crippen LogP contribution is -2.80. The van der Waals surface area contributed by atoms with Crippen LogP contribution in [-0.4, -0.2) is 53.3 Å². The van der Waals surface area contributed by atoms with Gasteiger partial charge in [0.05, 0.1) is 6.10 Å². The Kier molecular flexibility index (Phi) is 4.14. The molecular weight excluding hydrogens is 280 g/mol. The highest BCUT2D eigenvalue weighted by atomic mass is 32.2. The Labute approximate surface area is 134 Å². The lowest BCUT2D eigenvalue weighted by molar-refractivity contribution is -0.231. The van der Waals surface area contributed by atoms with Gasteiger partial charge in [-0.2, -0.15) is 11.8 Å². The number of fused-ring (bicyclic) bond motifs is 1. The number of hydrogen-bond donors (Lipinski definition) is 1. The topological polar surface area (TPSA) is 38.5 Å². The first-order valence-corrected chi connectivity index (χ1v) is 9.52. The third-order valence-corrected chi connectivity index (χ3v) is 7.68. The van der Waals surface area contributed by atoms with E-state index in [2.05, 4.69) is 44.4 Å². The minimum absolute atomic E-state index is 0.0722. The molecule has 1 aliphatic carbocycles. The normalized spacial score (nSPS) is 42.7. The fourth-order valence-electron chi connectivity index (χ4n) is 4.58. The van der Waals surface area contributed by atoms with Crippen LogP contribution in [0.1, 0.15) is 47.0 Å². The molecule has 2 aliphatic heterocycles. The second-order valence-electron chi connectivity index (χ2n) is 8.44. The fraction of sp³-hybridized carbons (Fsp3) is 1.00. The summed E-state index contributed by atoms with van der Waals surface area (Å²) in [5, 5.41) is 0. The first kappa shape index (κ1) is 16.1. The van der Waals surface area contributed by atoms with Crippen molar-refractivity contribution in [2.24, 2.45) is 17.1 Å². The lowest BCUT2D eigenvalue weighted by atomic mass is 9.46. The summed E-state index contributed by atoms with van der Waals surface area (Å²) in [6, 6.07) is 0. The van der Waals surface area contributed by atoms with E-state index < -0.39 is 0 Å². The number of thioether (sulfide) groups is 1. The Morgan fingerprint density at radius 1 is 1.24 bits per heavy atom. The van der Waals surface area contributed by atoms with Crippen LogP contribution in [0.2, 0.25) is 0 Å². The lowest BCUT2D eigenvalue weighted by Gasteiger charge is -2.67. The fourth-order valence-corrected chi connectivity index (χ4v) is 5.72. The molecule has 4 heteroatoms. The Morgan fingerprint density at radius 2 is 2.00 bits per heavy atom. The van der Waals surface area contributed by atoms with Crippen LogP contribution in [0, 0.1) is 11.3 Å². The number of hydrogen-bond acceptors (Lipinski definition) is 4. The van der Waals surface area contributed by atoms with E-state index in [0.29, 0.717) is 16.8 Å². The van der Waals surface area contributed by atoms with Crippen molar-refractivity contribution in [1.29, 1.82) is 0 Å². The van der Waals surface area contributed by atoms with E-state index >= 15 is 0 Å². The van der Waals surface area contributed by atoms with Crippen LogP contribution < -0.4 is 5.73 Å². The van der Waals surface area contributed by atoms with Gasteiger partial charge in [-0.25, -0.2) is 0 Å². The maximum atomic E-state index is 6.96. The molecule has 0 bridgehead atoms. The summed E-state index contributed by atoms with van der Waals surface area (Å²) in [7, 11) is 0.